The van der Waals surface area contributed by atoms with Crippen molar-refractivity contribution in [3.05, 3.63) is 29.8 Å². The normalized spacial score (nSPS) is 9.36. The Hall–Kier alpha value is -0.690. The van der Waals surface area contributed by atoms with E-state index in [2.05, 4.69) is 26.0 Å². The summed E-state index contributed by atoms with van der Waals surface area (Å²) in [7, 11) is 0. The molecular formula is C9H14ClN. The molecule has 0 unspecified atom stereocenters. The molecule has 1 aromatic carbocycles. The maximum absolute atomic E-state index is 5.53. The van der Waals surface area contributed by atoms with Crippen LogP contribution in [0.2, 0.25) is 0 Å². The van der Waals surface area contributed by atoms with E-state index in [0.29, 0.717) is 5.92 Å². The van der Waals surface area contributed by atoms with E-state index >= 15 is 0 Å². The fourth-order valence-corrected chi connectivity index (χ4v) is 0.881. The van der Waals surface area contributed by atoms with E-state index in [0.717, 1.165) is 5.69 Å². The minimum absolute atomic E-state index is 0. The second kappa shape index (κ2) is 4.24. The van der Waals surface area contributed by atoms with Gasteiger partial charge in [0.1, 0.15) is 0 Å². The third-order valence-electron chi connectivity index (χ3n) is 1.60. The average Bonchev–Trinajstić information content (AvgIpc) is 1.88. The van der Waals surface area contributed by atoms with Crippen molar-refractivity contribution in [1.29, 1.82) is 0 Å². The van der Waals surface area contributed by atoms with Gasteiger partial charge >= 0.3 is 0 Å². The molecule has 0 heterocycles. The fraction of sp³-hybridized carbons (Fsp3) is 0.333. The molecule has 0 spiro atoms. The Morgan fingerprint density at radius 3 is 1.91 bits per heavy atom. The summed E-state index contributed by atoms with van der Waals surface area (Å²) in [5.41, 5.74) is 7.71. The van der Waals surface area contributed by atoms with Gasteiger partial charge in [0.05, 0.1) is 0 Å². The van der Waals surface area contributed by atoms with Gasteiger partial charge < -0.3 is 5.73 Å². The van der Waals surface area contributed by atoms with Gasteiger partial charge in [-0.25, -0.2) is 0 Å². The number of hydrogen-bond donors (Lipinski definition) is 1. The van der Waals surface area contributed by atoms with E-state index in [1.165, 1.54) is 5.56 Å². The molecule has 0 aromatic heterocycles. The van der Waals surface area contributed by atoms with Crippen LogP contribution in [-0.4, -0.2) is 0 Å². The molecule has 2 heteroatoms. The summed E-state index contributed by atoms with van der Waals surface area (Å²) >= 11 is 0. The number of hydrogen-bond acceptors (Lipinski definition) is 1. The van der Waals surface area contributed by atoms with Crippen LogP contribution in [0.3, 0.4) is 0 Å². The monoisotopic (exact) mass is 171 g/mol. The van der Waals surface area contributed by atoms with Crippen LogP contribution in [0.4, 0.5) is 5.69 Å². The highest BCUT2D eigenvalue weighted by molar-refractivity contribution is 5.85. The Bertz CT molecular complexity index is 203. The second-order valence-corrected chi connectivity index (χ2v) is 2.82. The first-order valence-corrected chi connectivity index (χ1v) is 3.55. The molecule has 1 rings (SSSR count). The number of halogens is 1. The van der Waals surface area contributed by atoms with Crippen LogP contribution < -0.4 is 5.73 Å². The lowest BCUT2D eigenvalue weighted by atomic mass is 10.0. The molecule has 1 nitrogen and oxygen atoms in total. The summed E-state index contributed by atoms with van der Waals surface area (Å²) < 4.78 is 0. The topological polar surface area (TPSA) is 26.0 Å². The molecule has 0 atom stereocenters. The van der Waals surface area contributed by atoms with E-state index in [1.807, 2.05) is 12.1 Å². The van der Waals surface area contributed by atoms with Gasteiger partial charge in [0.25, 0.3) is 0 Å². The minimum Gasteiger partial charge on any atom is -0.399 e. The van der Waals surface area contributed by atoms with Crippen LogP contribution in [0, 0.1) is 0 Å². The molecule has 0 amide bonds. The van der Waals surface area contributed by atoms with Gasteiger partial charge in [-0.15, -0.1) is 12.4 Å². The van der Waals surface area contributed by atoms with E-state index in [1.54, 1.807) is 0 Å². The van der Waals surface area contributed by atoms with Crippen molar-refractivity contribution in [2.75, 3.05) is 5.73 Å². The van der Waals surface area contributed by atoms with Gasteiger partial charge in [-0.1, -0.05) is 26.0 Å². The molecule has 1 aromatic rings. The third-order valence-corrected chi connectivity index (χ3v) is 1.60. The minimum atomic E-state index is 0. The van der Waals surface area contributed by atoms with Crippen LogP contribution in [0.25, 0.3) is 0 Å². The smallest absolute Gasteiger partial charge is 0.0314 e. The quantitative estimate of drug-likeness (QED) is 0.647. The molecule has 0 aliphatic rings. The molecule has 11 heavy (non-hydrogen) atoms. The Kier molecular flexibility index (Phi) is 3.98. The lowest BCUT2D eigenvalue weighted by molar-refractivity contribution is 0.867. The average molecular weight is 172 g/mol. The third kappa shape index (κ3) is 2.81. The first-order chi connectivity index (χ1) is 4.70. The van der Waals surface area contributed by atoms with E-state index in [9.17, 15) is 0 Å². The number of nitrogen functional groups attached to an aromatic ring is 1. The molecule has 0 fully saturated rings. The number of benzene rings is 1. The van der Waals surface area contributed by atoms with Crippen LogP contribution in [0.1, 0.15) is 25.3 Å². The Balaban J connectivity index is 0.000001000. The highest BCUT2D eigenvalue weighted by Gasteiger charge is 1.95. The predicted molar refractivity (Wildman–Crippen MR) is 52.2 cm³/mol. The molecule has 0 radical (unpaired) electrons. The molecule has 0 aliphatic heterocycles. The van der Waals surface area contributed by atoms with Crippen molar-refractivity contribution in [2.24, 2.45) is 0 Å². The standard InChI is InChI=1S/C9H13N.ClH/c1-7(2)8-3-5-9(10)6-4-8;/h3-7H,10H2,1-2H3;1H. The zero-order chi connectivity index (χ0) is 7.56. The van der Waals surface area contributed by atoms with Gasteiger partial charge in [0.2, 0.25) is 0 Å². The van der Waals surface area contributed by atoms with Gasteiger partial charge in [0.15, 0.2) is 0 Å². The Morgan fingerprint density at radius 2 is 1.55 bits per heavy atom. The van der Waals surface area contributed by atoms with Crippen LogP contribution in [0.15, 0.2) is 24.3 Å². The van der Waals surface area contributed by atoms with E-state index < -0.39 is 0 Å². The van der Waals surface area contributed by atoms with Crippen molar-refractivity contribution in [2.45, 2.75) is 19.8 Å². The lowest BCUT2D eigenvalue weighted by Crippen LogP contribution is -1.88. The lowest BCUT2D eigenvalue weighted by Gasteiger charge is -2.03. The van der Waals surface area contributed by atoms with Crippen molar-refractivity contribution < 1.29 is 0 Å². The molecule has 0 saturated heterocycles. The van der Waals surface area contributed by atoms with Gasteiger partial charge in [0, 0.05) is 5.69 Å². The first kappa shape index (κ1) is 10.3. The molecule has 62 valence electrons. The van der Waals surface area contributed by atoms with E-state index in [4.69, 9.17) is 5.73 Å². The highest BCUT2D eigenvalue weighted by atomic mass is 35.5. The SMILES string of the molecule is CC(C)c1ccc(N)cc1.Cl. The van der Waals surface area contributed by atoms with Crippen LogP contribution in [0.5, 0.6) is 0 Å². The van der Waals surface area contributed by atoms with Gasteiger partial charge in [-0.2, -0.15) is 0 Å². The highest BCUT2D eigenvalue weighted by Crippen LogP contribution is 2.14. The van der Waals surface area contributed by atoms with Crippen molar-refractivity contribution >= 4 is 18.1 Å². The van der Waals surface area contributed by atoms with Crippen molar-refractivity contribution in [3.8, 4) is 0 Å². The molecule has 0 aliphatic carbocycles. The fourth-order valence-electron chi connectivity index (χ4n) is 0.881. The number of rotatable bonds is 1. The van der Waals surface area contributed by atoms with Crippen molar-refractivity contribution in [3.63, 3.8) is 0 Å². The molecule has 0 bridgehead atoms. The number of anilines is 1. The first-order valence-electron chi connectivity index (χ1n) is 3.55. The van der Waals surface area contributed by atoms with Crippen LogP contribution in [-0.2, 0) is 0 Å². The molecule has 2 N–H and O–H groups in total. The second-order valence-electron chi connectivity index (χ2n) is 2.82. The summed E-state index contributed by atoms with van der Waals surface area (Å²) in [6.07, 6.45) is 0. The zero-order valence-electron chi connectivity index (χ0n) is 6.87. The Labute approximate surface area is 74.0 Å². The zero-order valence-corrected chi connectivity index (χ0v) is 7.69. The maximum Gasteiger partial charge on any atom is 0.0314 e. The summed E-state index contributed by atoms with van der Waals surface area (Å²) in [5.74, 6) is 0.598. The molecular weight excluding hydrogens is 158 g/mol. The maximum atomic E-state index is 5.53. The van der Waals surface area contributed by atoms with Gasteiger partial charge in [-0.05, 0) is 23.6 Å². The van der Waals surface area contributed by atoms with E-state index in [-0.39, 0.29) is 12.4 Å². The number of nitrogens with two attached hydrogens (primary N) is 1. The Morgan fingerprint density at radius 1 is 1.09 bits per heavy atom. The summed E-state index contributed by atoms with van der Waals surface area (Å²) in [6, 6.07) is 8.02. The molecule has 0 saturated carbocycles. The largest absolute Gasteiger partial charge is 0.399 e. The van der Waals surface area contributed by atoms with Crippen LogP contribution >= 0.6 is 12.4 Å². The summed E-state index contributed by atoms with van der Waals surface area (Å²) in [5, 5.41) is 0. The van der Waals surface area contributed by atoms with Gasteiger partial charge in [-0.3, -0.25) is 0 Å². The summed E-state index contributed by atoms with van der Waals surface area (Å²) in [6.45, 7) is 4.34. The predicted octanol–water partition coefficient (Wildman–Crippen LogP) is 2.81. The summed E-state index contributed by atoms with van der Waals surface area (Å²) in [4.78, 5) is 0. The van der Waals surface area contributed by atoms with Crippen molar-refractivity contribution in [1.82, 2.24) is 0 Å².